The second-order valence-corrected chi connectivity index (χ2v) is 7.14. The molecule has 0 aliphatic heterocycles. The minimum absolute atomic E-state index is 0.0988. The number of hydrogen-bond acceptors (Lipinski definition) is 3. The molecule has 2 aromatic carbocycles. The Bertz CT molecular complexity index is 852. The Labute approximate surface area is 155 Å². The Hall–Kier alpha value is -2.11. The molecule has 0 saturated heterocycles. The number of aryl methyl sites for hydroxylation is 1. The van der Waals surface area contributed by atoms with Crippen molar-refractivity contribution in [1.29, 1.82) is 0 Å². The van der Waals surface area contributed by atoms with Gasteiger partial charge in [-0.2, -0.15) is 0 Å². The van der Waals surface area contributed by atoms with Gasteiger partial charge in [0.15, 0.2) is 0 Å². The van der Waals surface area contributed by atoms with Crippen molar-refractivity contribution >= 4 is 32.8 Å². The van der Waals surface area contributed by atoms with Crippen molar-refractivity contribution in [3.63, 3.8) is 0 Å². The standard InChI is InChI=1S/C20H20BrNO3/c1-20(24,18-12-15-7-3-5-9-17(15)25-18)13-22-19(23)11-10-14-6-2-4-8-16(14)21/h2-9,12,24H,10-11,13H2,1H3,(H,22,23). The Morgan fingerprint density at radius 2 is 1.92 bits per heavy atom. The van der Waals surface area contributed by atoms with Crippen LogP contribution in [0.5, 0.6) is 0 Å². The lowest BCUT2D eigenvalue weighted by Crippen LogP contribution is -2.38. The van der Waals surface area contributed by atoms with Crippen molar-refractivity contribution in [1.82, 2.24) is 5.32 Å². The molecule has 0 fully saturated rings. The van der Waals surface area contributed by atoms with Gasteiger partial charge in [-0.15, -0.1) is 0 Å². The number of carbonyl (C=O) groups is 1. The van der Waals surface area contributed by atoms with E-state index in [9.17, 15) is 9.90 Å². The van der Waals surface area contributed by atoms with Gasteiger partial charge in [-0.25, -0.2) is 0 Å². The van der Waals surface area contributed by atoms with E-state index in [-0.39, 0.29) is 12.5 Å². The highest BCUT2D eigenvalue weighted by Crippen LogP contribution is 2.27. The Morgan fingerprint density at radius 3 is 2.68 bits per heavy atom. The molecule has 3 rings (SSSR count). The zero-order valence-electron chi connectivity index (χ0n) is 14.0. The number of nitrogens with one attached hydrogen (secondary N) is 1. The van der Waals surface area contributed by atoms with Crippen LogP contribution in [-0.4, -0.2) is 17.6 Å². The molecule has 4 nitrogen and oxygen atoms in total. The molecule has 130 valence electrons. The van der Waals surface area contributed by atoms with Crippen LogP contribution in [0.4, 0.5) is 0 Å². The van der Waals surface area contributed by atoms with E-state index >= 15 is 0 Å². The summed E-state index contributed by atoms with van der Waals surface area (Å²) < 4.78 is 6.70. The molecule has 2 N–H and O–H groups in total. The van der Waals surface area contributed by atoms with Gasteiger partial charge in [-0.3, -0.25) is 4.79 Å². The summed E-state index contributed by atoms with van der Waals surface area (Å²) in [6, 6.07) is 17.2. The molecule has 1 unspecified atom stereocenters. The van der Waals surface area contributed by atoms with E-state index in [1.54, 1.807) is 6.92 Å². The monoisotopic (exact) mass is 401 g/mol. The topological polar surface area (TPSA) is 62.5 Å². The molecule has 1 amide bonds. The predicted molar refractivity (Wildman–Crippen MR) is 101 cm³/mol. The van der Waals surface area contributed by atoms with Crippen LogP contribution in [0, 0.1) is 0 Å². The van der Waals surface area contributed by atoms with E-state index in [0.29, 0.717) is 18.6 Å². The van der Waals surface area contributed by atoms with Crippen LogP contribution in [0.3, 0.4) is 0 Å². The third-order valence-corrected chi connectivity index (χ3v) is 4.94. The van der Waals surface area contributed by atoms with E-state index in [2.05, 4.69) is 21.2 Å². The first-order valence-electron chi connectivity index (χ1n) is 8.17. The van der Waals surface area contributed by atoms with Crippen LogP contribution in [-0.2, 0) is 16.8 Å². The lowest BCUT2D eigenvalue weighted by molar-refractivity contribution is -0.122. The molecule has 3 aromatic rings. The number of halogens is 1. The first kappa shape index (κ1) is 17.7. The summed E-state index contributed by atoms with van der Waals surface area (Å²) in [6.07, 6.45) is 0.999. The fraction of sp³-hybridized carbons (Fsp3) is 0.250. The number of furan rings is 1. The number of para-hydroxylation sites is 1. The average molecular weight is 402 g/mol. The van der Waals surface area contributed by atoms with E-state index in [0.717, 1.165) is 21.0 Å². The van der Waals surface area contributed by atoms with E-state index < -0.39 is 5.60 Å². The SMILES string of the molecule is CC(O)(CNC(=O)CCc1ccccc1Br)c1cc2ccccc2o1. The maximum Gasteiger partial charge on any atom is 0.220 e. The first-order chi connectivity index (χ1) is 12.0. The Kier molecular flexibility index (Phi) is 5.25. The van der Waals surface area contributed by atoms with Crippen LogP contribution in [0.15, 0.2) is 63.5 Å². The summed E-state index contributed by atoms with van der Waals surface area (Å²) >= 11 is 3.48. The summed E-state index contributed by atoms with van der Waals surface area (Å²) in [5, 5.41) is 14.4. The van der Waals surface area contributed by atoms with Crippen LogP contribution < -0.4 is 5.32 Å². The van der Waals surface area contributed by atoms with Gasteiger partial charge in [0.1, 0.15) is 16.9 Å². The molecule has 0 saturated carbocycles. The molecule has 0 aliphatic carbocycles. The van der Waals surface area contributed by atoms with Gasteiger partial charge < -0.3 is 14.8 Å². The maximum atomic E-state index is 12.1. The van der Waals surface area contributed by atoms with Crippen molar-refractivity contribution in [2.24, 2.45) is 0 Å². The van der Waals surface area contributed by atoms with Crippen molar-refractivity contribution in [3.05, 3.63) is 70.4 Å². The highest BCUT2D eigenvalue weighted by molar-refractivity contribution is 9.10. The zero-order valence-corrected chi connectivity index (χ0v) is 15.5. The van der Waals surface area contributed by atoms with Gasteiger partial charge in [0.05, 0.1) is 6.54 Å². The molecule has 5 heteroatoms. The van der Waals surface area contributed by atoms with Crippen LogP contribution in [0.1, 0.15) is 24.7 Å². The predicted octanol–water partition coefficient (Wildman–Crippen LogP) is 4.15. The fourth-order valence-electron chi connectivity index (χ4n) is 2.64. The maximum absolute atomic E-state index is 12.1. The van der Waals surface area contributed by atoms with Gasteiger partial charge >= 0.3 is 0 Å². The minimum Gasteiger partial charge on any atom is -0.458 e. The Balaban J connectivity index is 1.58. The Morgan fingerprint density at radius 1 is 1.20 bits per heavy atom. The number of hydrogen-bond donors (Lipinski definition) is 2. The summed E-state index contributed by atoms with van der Waals surface area (Å²) in [5.41, 5.74) is 0.543. The number of fused-ring (bicyclic) bond motifs is 1. The first-order valence-corrected chi connectivity index (χ1v) is 8.96. The van der Waals surface area contributed by atoms with Gasteiger partial charge in [-0.1, -0.05) is 52.3 Å². The van der Waals surface area contributed by atoms with Crippen LogP contribution >= 0.6 is 15.9 Å². The minimum atomic E-state index is -1.26. The van der Waals surface area contributed by atoms with E-state index in [1.807, 2.05) is 54.6 Å². The molecule has 1 aromatic heterocycles. The van der Waals surface area contributed by atoms with Gasteiger partial charge in [0.2, 0.25) is 5.91 Å². The number of benzene rings is 2. The third-order valence-electron chi connectivity index (χ3n) is 4.17. The lowest BCUT2D eigenvalue weighted by Gasteiger charge is -2.21. The summed E-state index contributed by atoms with van der Waals surface area (Å²) in [4.78, 5) is 12.1. The highest BCUT2D eigenvalue weighted by Gasteiger charge is 2.28. The number of aliphatic hydroxyl groups is 1. The molecule has 25 heavy (non-hydrogen) atoms. The molecular formula is C20H20BrNO3. The second-order valence-electron chi connectivity index (χ2n) is 6.29. The molecule has 0 spiro atoms. The third kappa shape index (κ3) is 4.30. The summed E-state index contributed by atoms with van der Waals surface area (Å²) in [6.45, 7) is 1.74. The van der Waals surface area contributed by atoms with E-state index in [1.165, 1.54) is 0 Å². The highest BCUT2D eigenvalue weighted by atomic mass is 79.9. The van der Waals surface area contributed by atoms with Crippen molar-refractivity contribution < 1.29 is 14.3 Å². The number of carbonyl (C=O) groups excluding carboxylic acids is 1. The van der Waals surface area contributed by atoms with Gasteiger partial charge in [0.25, 0.3) is 0 Å². The van der Waals surface area contributed by atoms with Crippen molar-refractivity contribution in [2.45, 2.75) is 25.4 Å². The number of amides is 1. The quantitative estimate of drug-likeness (QED) is 0.651. The van der Waals surface area contributed by atoms with Gasteiger partial charge in [0, 0.05) is 16.3 Å². The average Bonchev–Trinajstić information content (AvgIpc) is 3.04. The lowest BCUT2D eigenvalue weighted by atomic mass is 10.0. The summed E-state index contributed by atoms with van der Waals surface area (Å²) in [5.74, 6) is 0.340. The van der Waals surface area contributed by atoms with E-state index in [4.69, 9.17) is 4.42 Å². The summed E-state index contributed by atoms with van der Waals surface area (Å²) in [7, 11) is 0. The fourth-order valence-corrected chi connectivity index (χ4v) is 3.13. The molecule has 1 atom stereocenters. The van der Waals surface area contributed by atoms with Crippen LogP contribution in [0.25, 0.3) is 11.0 Å². The van der Waals surface area contributed by atoms with Crippen molar-refractivity contribution in [2.75, 3.05) is 6.54 Å². The van der Waals surface area contributed by atoms with Crippen molar-refractivity contribution in [3.8, 4) is 0 Å². The molecule has 0 radical (unpaired) electrons. The van der Waals surface area contributed by atoms with Crippen LogP contribution in [0.2, 0.25) is 0 Å². The van der Waals surface area contributed by atoms with Gasteiger partial charge in [-0.05, 0) is 37.1 Å². The molecule has 0 aliphatic rings. The largest absolute Gasteiger partial charge is 0.458 e. The number of rotatable bonds is 6. The molecule has 0 bridgehead atoms. The second kappa shape index (κ2) is 7.42. The molecular weight excluding hydrogens is 382 g/mol. The normalized spacial score (nSPS) is 13.6. The molecule has 1 heterocycles. The zero-order chi connectivity index (χ0) is 17.9. The smallest absolute Gasteiger partial charge is 0.220 e.